The predicted octanol–water partition coefficient (Wildman–Crippen LogP) is 3.06. The highest BCUT2D eigenvalue weighted by Gasteiger charge is 2.48. The summed E-state index contributed by atoms with van der Waals surface area (Å²) in [5.41, 5.74) is 1.11. The van der Waals surface area contributed by atoms with E-state index in [2.05, 4.69) is 73.4 Å². The van der Waals surface area contributed by atoms with E-state index in [4.69, 9.17) is 15.7 Å². The van der Waals surface area contributed by atoms with Gasteiger partial charge in [-0.25, -0.2) is 4.98 Å². The SMILES string of the molecule is [B]C([B])(S)[N+](C)(CCN(CCC)c1cc(/C=C\C)ccn1)C(S)(S)S. The van der Waals surface area contributed by atoms with Crippen LogP contribution < -0.4 is 4.90 Å². The van der Waals surface area contributed by atoms with Crippen molar-refractivity contribution in [1.29, 1.82) is 0 Å². The van der Waals surface area contributed by atoms with Crippen LogP contribution >= 0.6 is 50.5 Å². The van der Waals surface area contributed by atoms with Gasteiger partial charge in [0.15, 0.2) is 15.7 Å². The molecule has 1 atom stereocenters. The Morgan fingerprint density at radius 3 is 2.36 bits per heavy atom. The van der Waals surface area contributed by atoms with E-state index in [1.165, 1.54) is 0 Å². The minimum absolute atomic E-state index is 0.0349. The van der Waals surface area contributed by atoms with E-state index in [0.717, 1.165) is 24.3 Å². The van der Waals surface area contributed by atoms with Crippen LogP contribution in [0.15, 0.2) is 24.4 Å². The van der Waals surface area contributed by atoms with Crippen LogP contribution in [-0.4, -0.2) is 60.0 Å². The smallest absolute Gasteiger partial charge is 0.232 e. The van der Waals surface area contributed by atoms with Gasteiger partial charge in [0.25, 0.3) is 0 Å². The molecule has 0 amide bonds. The molecule has 4 radical (unpaired) electrons. The van der Waals surface area contributed by atoms with E-state index in [9.17, 15) is 0 Å². The summed E-state index contributed by atoms with van der Waals surface area (Å²) >= 11 is 17.7. The molecule has 0 N–H and O–H groups in total. The van der Waals surface area contributed by atoms with E-state index < -0.39 is 8.20 Å². The van der Waals surface area contributed by atoms with E-state index in [1.54, 1.807) is 0 Å². The number of rotatable bonds is 9. The third-order valence-electron chi connectivity index (χ3n) is 4.22. The van der Waals surface area contributed by atoms with Gasteiger partial charge in [0.2, 0.25) is 3.54 Å². The second-order valence-corrected chi connectivity index (χ2v) is 9.95. The van der Waals surface area contributed by atoms with E-state index >= 15 is 0 Å². The summed E-state index contributed by atoms with van der Waals surface area (Å²) in [5, 5.41) is 0. The number of aromatic nitrogens is 1. The lowest BCUT2D eigenvalue weighted by Crippen LogP contribution is -2.68. The van der Waals surface area contributed by atoms with Crippen molar-refractivity contribution in [2.45, 2.75) is 28.5 Å². The van der Waals surface area contributed by atoms with Gasteiger partial charge < -0.3 is 4.90 Å². The lowest BCUT2D eigenvalue weighted by Gasteiger charge is -2.53. The van der Waals surface area contributed by atoms with Crippen LogP contribution in [0.1, 0.15) is 25.8 Å². The van der Waals surface area contributed by atoms with E-state index in [1.807, 2.05) is 38.4 Å². The maximum Gasteiger partial charge on any atom is 0.232 e. The number of pyridine rings is 1. The molecule has 0 aliphatic carbocycles. The Morgan fingerprint density at radius 2 is 1.88 bits per heavy atom. The summed E-state index contributed by atoms with van der Waals surface area (Å²) in [4.78, 5) is 6.71. The zero-order valence-corrected chi connectivity index (χ0v) is 18.6. The Balaban J connectivity index is 3.07. The Kier molecular flexibility index (Phi) is 8.73. The quantitative estimate of drug-likeness (QED) is 0.217. The standard InChI is InChI=1S/C16H25B2N3S4/c1-4-6-13-7-8-19-14(12-13)20(9-5-2)10-11-21(3,15(17,18)22)16(23,24)25/h4,6-8,12H,5,9-11H2,1-3H3,(H3-,22,23,24,25)/p+1/b6-4-. The average molecular weight is 410 g/mol. The maximum absolute atomic E-state index is 6.09. The highest BCUT2D eigenvalue weighted by molar-refractivity contribution is 8.16. The van der Waals surface area contributed by atoms with Crippen molar-refractivity contribution in [3.63, 3.8) is 0 Å². The average Bonchev–Trinajstić information content (AvgIpc) is 2.49. The molecule has 0 aliphatic rings. The van der Waals surface area contributed by atoms with Gasteiger partial charge in [0.05, 0.1) is 24.8 Å². The van der Waals surface area contributed by atoms with Gasteiger partial charge in [0.1, 0.15) is 5.82 Å². The molecular weight excluding hydrogens is 384 g/mol. The summed E-state index contributed by atoms with van der Waals surface area (Å²) in [6, 6.07) is 4.04. The molecule has 25 heavy (non-hydrogen) atoms. The highest BCUT2D eigenvalue weighted by atomic mass is 32.2. The van der Waals surface area contributed by atoms with Gasteiger partial charge >= 0.3 is 0 Å². The Bertz CT molecular complexity index is 571. The Hall–Kier alpha value is 0.180. The number of nitrogens with zero attached hydrogens (tertiary/aromatic N) is 3. The van der Waals surface area contributed by atoms with Crippen molar-refractivity contribution in [2.24, 2.45) is 0 Å². The minimum atomic E-state index is -1.34. The normalized spacial score (nSPS) is 15.3. The molecule has 3 nitrogen and oxygen atoms in total. The van der Waals surface area contributed by atoms with Gasteiger partial charge in [-0.2, -0.15) is 0 Å². The van der Waals surface area contributed by atoms with Crippen molar-refractivity contribution in [3.05, 3.63) is 30.0 Å². The van der Waals surface area contributed by atoms with Gasteiger partial charge in [-0.05, 0) is 31.0 Å². The molecule has 1 rings (SSSR count). The topological polar surface area (TPSA) is 16.1 Å². The van der Waals surface area contributed by atoms with E-state index in [-0.39, 0.29) is 4.48 Å². The summed E-state index contributed by atoms with van der Waals surface area (Å²) in [5.74, 6) is 0.908. The lowest BCUT2D eigenvalue weighted by molar-refractivity contribution is -0.919. The summed E-state index contributed by atoms with van der Waals surface area (Å²) in [7, 11) is 14.0. The third-order valence-corrected chi connectivity index (χ3v) is 5.98. The molecule has 9 heteroatoms. The summed E-state index contributed by atoms with van der Waals surface area (Å²) in [6.45, 7) is 6.19. The van der Waals surface area contributed by atoms with Crippen LogP contribution in [0.5, 0.6) is 0 Å². The first-order chi connectivity index (χ1) is 11.5. The molecular formula is C16H26B2N3S4+. The fourth-order valence-electron chi connectivity index (χ4n) is 2.40. The van der Waals surface area contributed by atoms with Gasteiger partial charge in [0, 0.05) is 12.7 Å². The van der Waals surface area contributed by atoms with Crippen molar-refractivity contribution in [1.82, 2.24) is 4.98 Å². The first-order valence-electron chi connectivity index (χ1n) is 8.13. The number of anilines is 1. The minimum Gasteiger partial charge on any atom is -0.351 e. The number of quaternary nitrogens is 1. The molecule has 0 aromatic carbocycles. The van der Waals surface area contributed by atoms with Gasteiger partial charge in [-0.15, -0.1) is 12.6 Å². The van der Waals surface area contributed by atoms with Crippen molar-refractivity contribution in [3.8, 4) is 0 Å². The van der Waals surface area contributed by atoms with Crippen LogP contribution in [0.2, 0.25) is 0 Å². The second kappa shape index (κ2) is 9.40. The third kappa shape index (κ3) is 6.09. The molecule has 1 unspecified atom stereocenters. The van der Waals surface area contributed by atoms with Crippen molar-refractivity contribution < 1.29 is 4.48 Å². The van der Waals surface area contributed by atoms with Crippen LogP contribution in [-0.2, 0) is 0 Å². The first-order valence-corrected chi connectivity index (χ1v) is 9.91. The number of hydrogen-bond donors (Lipinski definition) is 4. The molecule has 1 aromatic heterocycles. The highest BCUT2D eigenvalue weighted by Crippen LogP contribution is 2.41. The molecule has 0 saturated carbocycles. The van der Waals surface area contributed by atoms with Crippen LogP contribution in [0.3, 0.4) is 0 Å². The second-order valence-electron chi connectivity index (χ2n) is 6.23. The summed E-state index contributed by atoms with van der Waals surface area (Å²) in [6.07, 6.45) is 6.86. The number of likely N-dealkylation sites (N-methyl/N-ethyl adjacent to an activating group) is 1. The number of thiol groups is 4. The van der Waals surface area contributed by atoms with Crippen LogP contribution in [0.25, 0.3) is 6.08 Å². The first kappa shape index (κ1) is 23.2. The van der Waals surface area contributed by atoms with Crippen molar-refractivity contribution in [2.75, 3.05) is 31.6 Å². The summed E-state index contributed by atoms with van der Waals surface area (Å²) < 4.78 is -2.36. The fourth-order valence-corrected chi connectivity index (χ4v) is 3.69. The van der Waals surface area contributed by atoms with E-state index in [0.29, 0.717) is 13.1 Å². The number of hydrogen-bond acceptors (Lipinski definition) is 6. The van der Waals surface area contributed by atoms with Gasteiger partial charge in [-0.3, -0.25) is 4.48 Å². The van der Waals surface area contributed by atoms with Gasteiger partial charge in [-0.1, -0.05) is 57.0 Å². The molecule has 1 heterocycles. The molecule has 0 bridgehead atoms. The molecule has 1 aromatic rings. The van der Waals surface area contributed by atoms with Crippen LogP contribution in [0.4, 0.5) is 5.82 Å². The number of allylic oxidation sites excluding steroid dienone is 1. The fraction of sp³-hybridized carbons (Fsp3) is 0.562. The monoisotopic (exact) mass is 410 g/mol. The predicted molar refractivity (Wildman–Crippen MR) is 125 cm³/mol. The molecule has 134 valence electrons. The molecule has 0 fully saturated rings. The zero-order valence-electron chi connectivity index (χ0n) is 15.0. The van der Waals surface area contributed by atoms with Crippen LogP contribution in [0, 0.1) is 0 Å². The maximum atomic E-state index is 6.09. The molecule has 0 spiro atoms. The lowest BCUT2D eigenvalue weighted by atomic mass is 9.74. The zero-order chi connectivity index (χ0) is 19.3. The molecule has 0 aliphatic heterocycles. The molecule has 0 saturated heterocycles. The largest absolute Gasteiger partial charge is 0.351 e. The Labute approximate surface area is 177 Å². The van der Waals surface area contributed by atoms with Crippen molar-refractivity contribution >= 4 is 78.1 Å². The Morgan fingerprint density at radius 1 is 1.24 bits per heavy atom.